The van der Waals surface area contributed by atoms with E-state index in [1.165, 1.54) is 17.5 Å². The van der Waals surface area contributed by atoms with Crippen molar-refractivity contribution in [2.75, 3.05) is 18.4 Å². The summed E-state index contributed by atoms with van der Waals surface area (Å²) in [6.45, 7) is 4.77. The molecule has 6 heteroatoms. The molecule has 0 aromatic heterocycles. The second kappa shape index (κ2) is 8.52. The van der Waals surface area contributed by atoms with Gasteiger partial charge in [-0.2, -0.15) is 4.31 Å². The van der Waals surface area contributed by atoms with E-state index in [0.717, 1.165) is 36.1 Å². The van der Waals surface area contributed by atoms with Gasteiger partial charge in [-0.3, -0.25) is 4.79 Å². The number of nitrogens with zero attached hydrogens (tertiary/aromatic N) is 1. The highest BCUT2D eigenvalue weighted by Crippen LogP contribution is 2.29. The first-order valence-electron chi connectivity index (χ1n) is 10.8. The molecular formula is C24H30N2O3S. The number of carbonyl (C=O) groups excluding carboxylic acids is 1. The van der Waals surface area contributed by atoms with Gasteiger partial charge in [-0.1, -0.05) is 23.8 Å². The molecule has 5 nitrogen and oxygen atoms in total. The molecule has 2 aromatic rings. The minimum Gasteiger partial charge on any atom is -0.326 e. The van der Waals surface area contributed by atoms with E-state index in [9.17, 15) is 13.2 Å². The number of piperidine rings is 1. The van der Waals surface area contributed by atoms with Crippen LogP contribution in [0.4, 0.5) is 5.69 Å². The third-order valence-electron chi connectivity index (χ3n) is 6.42. The van der Waals surface area contributed by atoms with Gasteiger partial charge in [-0.25, -0.2) is 8.42 Å². The van der Waals surface area contributed by atoms with Gasteiger partial charge in [0.1, 0.15) is 0 Å². The quantitative estimate of drug-likeness (QED) is 0.796. The maximum Gasteiger partial charge on any atom is 0.243 e. The summed E-state index contributed by atoms with van der Waals surface area (Å²) in [6.07, 6.45) is 5.38. The van der Waals surface area contributed by atoms with Crippen LogP contribution in [0, 0.1) is 19.8 Å². The maximum absolute atomic E-state index is 13.1. The molecule has 1 aliphatic carbocycles. The fraction of sp³-hybridized carbons (Fsp3) is 0.458. The van der Waals surface area contributed by atoms with Crippen LogP contribution < -0.4 is 5.32 Å². The van der Waals surface area contributed by atoms with E-state index in [4.69, 9.17) is 0 Å². The van der Waals surface area contributed by atoms with Crippen LogP contribution in [0.5, 0.6) is 0 Å². The number of nitrogens with one attached hydrogen (secondary N) is 1. The van der Waals surface area contributed by atoms with Crippen molar-refractivity contribution in [3.05, 3.63) is 58.7 Å². The van der Waals surface area contributed by atoms with Gasteiger partial charge in [0.05, 0.1) is 4.90 Å². The van der Waals surface area contributed by atoms with Crippen molar-refractivity contribution in [3.63, 3.8) is 0 Å². The van der Waals surface area contributed by atoms with Crippen molar-refractivity contribution in [1.82, 2.24) is 4.31 Å². The molecule has 0 bridgehead atoms. The number of anilines is 1. The summed E-state index contributed by atoms with van der Waals surface area (Å²) < 4.78 is 27.8. The first-order valence-corrected chi connectivity index (χ1v) is 12.3. The molecule has 1 fully saturated rings. The number of rotatable bonds is 4. The molecule has 2 aromatic carbocycles. The molecule has 1 amide bonds. The van der Waals surface area contributed by atoms with E-state index in [-0.39, 0.29) is 11.8 Å². The van der Waals surface area contributed by atoms with Gasteiger partial charge in [-0.05, 0) is 87.3 Å². The summed E-state index contributed by atoms with van der Waals surface area (Å²) in [5, 5.41) is 3.02. The zero-order valence-corrected chi connectivity index (χ0v) is 18.6. The first kappa shape index (κ1) is 21.1. The number of benzene rings is 2. The SMILES string of the molecule is Cc1ccc(NC(=O)C2CCN(S(=O)(=O)c3ccc4c(c3)CCCC4)CC2)c(C)c1. The van der Waals surface area contributed by atoms with Crippen LogP contribution in [0.2, 0.25) is 0 Å². The van der Waals surface area contributed by atoms with Crippen molar-refractivity contribution in [1.29, 1.82) is 0 Å². The number of amides is 1. The lowest BCUT2D eigenvalue weighted by Gasteiger charge is -2.31. The third kappa shape index (κ3) is 4.30. The average Bonchev–Trinajstić information content (AvgIpc) is 2.75. The Balaban J connectivity index is 1.40. The first-order chi connectivity index (χ1) is 14.3. The van der Waals surface area contributed by atoms with Gasteiger partial charge in [0.15, 0.2) is 0 Å². The van der Waals surface area contributed by atoms with E-state index in [2.05, 4.69) is 5.32 Å². The summed E-state index contributed by atoms with van der Waals surface area (Å²) in [5.41, 5.74) is 5.48. The number of hydrogen-bond donors (Lipinski definition) is 1. The predicted molar refractivity (Wildman–Crippen MR) is 119 cm³/mol. The average molecular weight is 427 g/mol. The summed E-state index contributed by atoms with van der Waals surface area (Å²) >= 11 is 0. The molecule has 0 unspecified atom stereocenters. The number of sulfonamides is 1. The normalized spacial score (nSPS) is 18.1. The molecule has 30 heavy (non-hydrogen) atoms. The highest BCUT2D eigenvalue weighted by atomic mass is 32.2. The van der Waals surface area contributed by atoms with Crippen molar-refractivity contribution < 1.29 is 13.2 Å². The molecule has 0 spiro atoms. The second-order valence-corrected chi connectivity index (χ2v) is 10.6. The topological polar surface area (TPSA) is 66.5 Å². The molecule has 1 saturated heterocycles. The molecule has 160 valence electrons. The number of hydrogen-bond acceptors (Lipinski definition) is 3. The van der Waals surface area contributed by atoms with Crippen LogP contribution in [0.15, 0.2) is 41.3 Å². The maximum atomic E-state index is 13.1. The molecule has 1 N–H and O–H groups in total. The highest BCUT2D eigenvalue weighted by Gasteiger charge is 2.32. The number of aryl methyl sites for hydroxylation is 4. The fourth-order valence-corrected chi connectivity index (χ4v) is 6.09. The third-order valence-corrected chi connectivity index (χ3v) is 8.32. The summed E-state index contributed by atoms with van der Waals surface area (Å²) in [5.74, 6) is -0.187. The van der Waals surface area contributed by atoms with E-state index in [1.807, 2.05) is 44.2 Å². The molecule has 1 aliphatic heterocycles. The van der Waals surface area contributed by atoms with Gasteiger partial charge in [0.2, 0.25) is 15.9 Å². The lowest BCUT2D eigenvalue weighted by atomic mass is 9.92. The van der Waals surface area contributed by atoms with E-state index in [0.29, 0.717) is 30.8 Å². The van der Waals surface area contributed by atoms with Gasteiger partial charge < -0.3 is 5.32 Å². The Morgan fingerprint density at radius 3 is 2.37 bits per heavy atom. The van der Waals surface area contributed by atoms with Crippen molar-refractivity contribution in [2.45, 2.75) is 57.3 Å². The Bertz CT molecular complexity index is 1050. The van der Waals surface area contributed by atoms with E-state index >= 15 is 0 Å². The Hall–Kier alpha value is -2.18. The van der Waals surface area contributed by atoms with Crippen LogP contribution in [-0.4, -0.2) is 31.7 Å². The van der Waals surface area contributed by atoms with Crippen molar-refractivity contribution >= 4 is 21.6 Å². The lowest BCUT2D eigenvalue weighted by molar-refractivity contribution is -0.120. The zero-order chi connectivity index (χ0) is 21.3. The zero-order valence-electron chi connectivity index (χ0n) is 17.8. The molecule has 0 atom stereocenters. The Kier molecular flexibility index (Phi) is 5.98. The minimum absolute atomic E-state index is 0.0206. The molecule has 4 rings (SSSR count). The smallest absolute Gasteiger partial charge is 0.243 e. The summed E-state index contributed by atoms with van der Waals surface area (Å²) in [7, 11) is -3.51. The van der Waals surface area contributed by atoms with E-state index < -0.39 is 10.0 Å². The largest absolute Gasteiger partial charge is 0.326 e. The van der Waals surface area contributed by atoms with Crippen LogP contribution in [-0.2, 0) is 27.7 Å². The van der Waals surface area contributed by atoms with Gasteiger partial charge >= 0.3 is 0 Å². The summed E-state index contributed by atoms with van der Waals surface area (Å²) in [4.78, 5) is 13.1. The minimum atomic E-state index is -3.51. The highest BCUT2D eigenvalue weighted by molar-refractivity contribution is 7.89. The predicted octanol–water partition coefficient (Wildman–Crippen LogP) is 4.22. The molecule has 1 heterocycles. The van der Waals surface area contributed by atoms with Gasteiger partial charge in [-0.15, -0.1) is 0 Å². The Labute approximate surface area is 179 Å². The second-order valence-electron chi connectivity index (χ2n) is 8.62. The Morgan fingerprint density at radius 1 is 0.967 bits per heavy atom. The number of carbonyl (C=O) groups is 1. The molecule has 0 radical (unpaired) electrons. The van der Waals surface area contributed by atoms with Crippen LogP contribution in [0.3, 0.4) is 0 Å². The van der Waals surface area contributed by atoms with Crippen LogP contribution in [0.1, 0.15) is 47.9 Å². The lowest BCUT2D eigenvalue weighted by Crippen LogP contribution is -2.41. The molecule has 0 saturated carbocycles. The Morgan fingerprint density at radius 2 is 1.67 bits per heavy atom. The standard InChI is InChI=1S/C24H30N2O3S/c1-17-7-10-23(18(2)15-17)25-24(27)20-11-13-26(14-12-20)30(28,29)22-9-8-19-5-3-4-6-21(19)16-22/h7-10,15-16,20H,3-6,11-14H2,1-2H3,(H,25,27). The number of fused-ring (bicyclic) bond motifs is 1. The monoisotopic (exact) mass is 426 g/mol. The van der Waals surface area contributed by atoms with Gasteiger partial charge in [0, 0.05) is 24.7 Å². The van der Waals surface area contributed by atoms with Crippen molar-refractivity contribution in [2.24, 2.45) is 5.92 Å². The fourth-order valence-electron chi connectivity index (χ4n) is 4.57. The van der Waals surface area contributed by atoms with Gasteiger partial charge in [0.25, 0.3) is 0 Å². The summed E-state index contributed by atoms with van der Waals surface area (Å²) in [6, 6.07) is 11.5. The molecular weight excluding hydrogens is 396 g/mol. The van der Waals surface area contributed by atoms with E-state index in [1.54, 1.807) is 10.4 Å². The molecule has 2 aliphatic rings. The van der Waals surface area contributed by atoms with Crippen LogP contribution >= 0.6 is 0 Å². The van der Waals surface area contributed by atoms with Crippen molar-refractivity contribution in [3.8, 4) is 0 Å². The van der Waals surface area contributed by atoms with Crippen LogP contribution in [0.25, 0.3) is 0 Å².